The Labute approximate surface area is 272 Å². The molecule has 2 aromatic carbocycles. The van der Waals surface area contributed by atoms with Crippen LogP contribution in [-0.2, 0) is 0 Å². The van der Waals surface area contributed by atoms with Gasteiger partial charge in [0.2, 0.25) is 0 Å². The van der Waals surface area contributed by atoms with E-state index in [9.17, 15) is 0 Å². The van der Waals surface area contributed by atoms with Gasteiger partial charge in [0.05, 0.1) is 11.0 Å². The first-order valence-corrected chi connectivity index (χ1v) is 17.8. The number of aromatic nitrogens is 2. The van der Waals surface area contributed by atoms with Crippen LogP contribution in [-0.4, -0.2) is 72.1 Å². The summed E-state index contributed by atoms with van der Waals surface area (Å²) in [4.78, 5) is 14.4. The molecule has 0 saturated carbocycles. The highest BCUT2D eigenvalue weighted by Crippen LogP contribution is 2.24. The zero-order valence-electron chi connectivity index (χ0n) is 28.0. The highest BCUT2D eigenvalue weighted by atomic mass is 15.1. The van der Waals surface area contributed by atoms with Crippen molar-refractivity contribution in [2.24, 2.45) is 0 Å². The van der Waals surface area contributed by atoms with E-state index in [2.05, 4.69) is 105 Å². The number of aryl methyl sites for hydroxylation is 2. The fourth-order valence-corrected chi connectivity index (χ4v) is 6.84. The molecular formula is C39H56N6. The number of piperidine rings is 2. The zero-order chi connectivity index (χ0) is 31.1. The van der Waals surface area contributed by atoms with Crippen molar-refractivity contribution in [1.82, 2.24) is 19.8 Å². The van der Waals surface area contributed by atoms with Crippen LogP contribution in [0.1, 0.15) is 82.0 Å². The molecule has 2 fully saturated rings. The van der Waals surface area contributed by atoms with E-state index < -0.39 is 0 Å². The third kappa shape index (κ3) is 10.7. The van der Waals surface area contributed by atoms with Gasteiger partial charge in [0.15, 0.2) is 0 Å². The predicted molar refractivity (Wildman–Crippen MR) is 194 cm³/mol. The normalized spacial score (nSPS) is 16.0. The van der Waals surface area contributed by atoms with Gasteiger partial charge in [0.25, 0.3) is 0 Å². The molecule has 2 aliphatic heterocycles. The van der Waals surface area contributed by atoms with E-state index in [1.54, 1.807) is 0 Å². The molecule has 45 heavy (non-hydrogen) atoms. The highest BCUT2D eigenvalue weighted by Gasteiger charge is 2.10. The number of pyridine rings is 2. The Bertz CT molecular complexity index is 1440. The van der Waals surface area contributed by atoms with Gasteiger partial charge >= 0.3 is 0 Å². The zero-order valence-corrected chi connectivity index (χ0v) is 28.0. The van der Waals surface area contributed by atoms with Crippen molar-refractivity contribution in [3.05, 3.63) is 72.1 Å². The minimum atomic E-state index is 1.03. The van der Waals surface area contributed by atoms with E-state index in [-0.39, 0.29) is 0 Å². The molecule has 2 N–H and O–H groups in total. The number of rotatable bonds is 13. The molecule has 2 saturated heterocycles. The van der Waals surface area contributed by atoms with Gasteiger partial charge in [-0.15, -0.1) is 0 Å². The molecule has 6 rings (SSSR count). The number of nitrogens with one attached hydrogen (secondary N) is 2. The molecule has 2 aliphatic rings. The minimum absolute atomic E-state index is 1.03. The number of nitrogens with zero attached hydrogens (tertiary/aromatic N) is 4. The maximum absolute atomic E-state index is 4.60. The summed E-state index contributed by atoms with van der Waals surface area (Å²) in [5.41, 5.74) is 6.77. The van der Waals surface area contributed by atoms with Gasteiger partial charge in [-0.2, -0.15) is 0 Å². The molecule has 0 atom stereocenters. The summed E-state index contributed by atoms with van der Waals surface area (Å²) in [7, 11) is 0. The Kier molecular flexibility index (Phi) is 13.3. The first kappa shape index (κ1) is 33.2. The maximum Gasteiger partial charge on any atom is 0.0725 e. The molecule has 0 amide bonds. The maximum atomic E-state index is 4.60. The molecule has 0 bridgehead atoms. The summed E-state index contributed by atoms with van der Waals surface area (Å²) >= 11 is 0. The summed E-state index contributed by atoms with van der Waals surface area (Å²) in [5, 5.41) is 9.67. The largest absolute Gasteiger partial charge is 0.384 e. The Hall–Kier alpha value is -3.22. The molecule has 0 unspecified atom stereocenters. The number of hydrogen-bond donors (Lipinski definition) is 2. The van der Waals surface area contributed by atoms with Crippen molar-refractivity contribution < 1.29 is 0 Å². The Morgan fingerprint density at radius 2 is 0.978 bits per heavy atom. The second kappa shape index (κ2) is 18.1. The van der Waals surface area contributed by atoms with Crippen LogP contribution < -0.4 is 10.6 Å². The van der Waals surface area contributed by atoms with Gasteiger partial charge in [-0.05, 0) is 122 Å². The average molecular weight is 609 g/mol. The number of hydrogen-bond acceptors (Lipinski definition) is 6. The van der Waals surface area contributed by atoms with Crippen LogP contribution >= 0.6 is 0 Å². The highest BCUT2D eigenvalue weighted by molar-refractivity contribution is 5.92. The van der Waals surface area contributed by atoms with Crippen molar-refractivity contribution in [3.8, 4) is 0 Å². The van der Waals surface area contributed by atoms with Crippen LogP contribution in [0.15, 0.2) is 60.7 Å². The van der Waals surface area contributed by atoms with Gasteiger partial charge in [-0.3, -0.25) is 9.97 Å². The SMILES string of the molecule is Cc1cc(NCCCCCCN2CCCCC2)c2ccccc2n1.Cc1cc(NCCCN2CCCCC2)c2ccccc2n1. The standard InChI is InChI=1S/C21H31N3.C18H25N3/c1-18-17-21(19-11-5-6-12-20(19)23-18)22-13-7-2-3-8-14-24-15-9-4-10-16-24;1-15-14-18(16-8-3-4-9-17(16)20-15)19-10-7-13-21-11-5-2-6-12-21/h5-6,11-12,17H,2-4,7-10,13-16H2,1H3,(H,22,23);3-4,8-9,14H,2,5-7,10-13H2,1H3,(H,19,20). The summed E-state index contributed by atoms with van der Waals surface area (Å²) in [6.07, 6.45) is 14.9. The molecule has 6 heteroatoms. The predicted octanol–water partition coefficient (Wildman–Crippen LogP) is 8.83. The molecule has 4 heterocycles. The van der Waals surface area contributed by atoms with E-state index in [0.29, 0.717) is 0 Å². The number of para-hydroxylation sites is 2. The molecule has 0 spiro atoms. The van der Waals surface area contributed by atoms with E-state index in [1.165, 1.54) is 132 Å². The summed E-state index contributed by atoms with van der Waals surface area (Å²) < 4.78 is 0. The van der Waals surface area contributed by atoms with E-state index in [1.807, 2.05) is 0 Å². The second-order valence-corrected chi connectivity index (χ2v) is 13.1. The molecular weight excluding hydrogens is 552 g/mol. The summed E-state index contributed by atoms with van der Waals surface area (Å²) in [6.45, 7) is 14.0. The quantitative estimate of drug-likeness (QED) is 0.148. The lowest BCUT2D eigenvalue weighted by Gasteiger charge is -2.26. The molecule has 6 nitrogen and oxygen atoms in total. The Morgan fingerprint density at radius 1 is 0.533 bits per heavy atom. The lowest BCUT2D eigenvalue weighted by Crippen LogP contribution is -2.31. The molecule has 2 aromatic heterocycles. The van der Waals surface area contributed by atoms with E-state index >= 15 is 0 Å². The van der Waals surface area contributed by atoms with E-state index in [4.69, 9.17) is 0 Å². The number of benzene rings is 2. The van der Waals surface area contributed by atoms with Crippen LogP contribution in [0.3, 0.4) is 0 Å². The summed E-state index contributed by atoms with van der Waals surface area (Å²) in [6, 6.07) is 21.1. The molecule has 0 aliphatic carbocycles. The lowest BCUT2D eigenvalue weighted by atomic mass is 10.1. The van der Waals surface area contributed by atoms with Crippen LogP contribution in [0.25, 0.3) is 21.8 Å². The fraction of sp³-hybridized carbons (Fsp3) is 0.538. The second-order valence-electron chi connectivity index (χ2n) is 13.1. The van der Waals surface area contributed by atoms with Crippen LogP contribution in [0.2, 0.25) is 0 Å². The minimum Gasteiger partial charge on any atom is -0.384 e. The van der Waals surface area contributed by atoms with Gasteiger partial charge in [-0.25, -0.2) is 0 Å². The van der Waals surface area contributed by atoms with Crippen molar-refractivity contribution >= 4 is 33.2 Å². The smallest absolute Gasteiger partial charge is 0.0725 e. The van der Waals surface area contributed by atoms with Crippen molar-refractivity contribution in [3.63, 3.8) is 0 Å². The first-order valence-electron chi connectivity index (χ1n) is 17.8. The van der Waals surface area contributed by atoms with Gasteiger partial charge in [0.1, 0.15) is 0 Å². The van der Waals surface area contributed by atoms with Gasteiger partial charge in [-0.1, -0.05) is 62.1 Å². The summed E-state index contributed by atoms with van der Waals surface area (Å²) in [5.74, 6) is 0. The van der Waals surface area contributed by atoms with Gasteiger partial charge < -0.3 is 20.4 Å². The Balaban J connectivity index is 0.000000179. The first-order chi connectivity index (χ1) is 22.2. The number of likely N-dealkylation sites (tertiary alicyclic amines) is 2. The molecule has 242 valence electrons. The molecule has 4 aromatic rings. The number of anilines is 2. The Morgan fingerprint density at radius 3 is 1.51 bits per heavy atom. The van der Waals surface area contributed by atoms with E-state index in [0.717, 1.165) is 35.5 Å². The van der Waals surface area contributed by atoms with Crippen molar-refractivity contribution in [1.29, 1.82) is 0 Å². The number of fused-ring (bicyclic) bond motifs is 2. The fourth-order valence-electron chi connectivity index (χ4n) is 6.84. The average Bonchev–Trinajstić information content (AvgIpc) is 3.07. The third-order valence-corrected chi connectivity index (χ3v) is 9.27. The lowest BCUT2D eigenvalue weighted by molar-refractivity contribution is 0.224. The van der Waals surface area contributed by atoms with Crippen molar-refractivity contribution in [2.45, 2.75) is 84.5 Å². The monoisotopic (exact) mass is 608 g/mol. The number of unbranched alkanes of at least 4 members (excludes halogenated alkanes) is 3. The third-order valence-electron chi connectivity index (χ3n) is 9.27. The van der Waals surface area contributed by atoms with Crippen LogP contribution in [0.5, 0.6) is 0 Å². The van der Waals surface area contributed by atoms with Crippen molar-refractivity contribution in [2.75, 3.05) is 63.0 Å². The van der Waals surface area contributed by atoms with Gasteiger partial charge in [0, 0.05) is 46.6 Å². The topological polar surface area (TPSA) is 56.3 Å². The van der Waals surface area contributed by atoms with Crippen LogP contribution in [0.4, 0.5) is 11.4 Å². The molecule has 0 radical (unpaired) electrons. The van der Waals surface area contributed by atoms with Crippen LogP contribution in [0, 0.1) is 13.8 Å².